The Hall–Kier alpha value is -1.60. The molecule has 1 unspecified atom stereocenters. The van der Waals surface area contributed by atoms with Gasteiger partial charge in [0.2, 0.25) is 0 Å². The fraction of sp³-hybridized carbons (Fsp3) is 0.500. The number of aliphatic hydroxyl groups excluding tert-OH is 2. The summed E-state index contributed by atoms with van der Waals surface area (Å²) in [5, 5.41) is 21.1. The summed E-state index contributed by atoms with van der Waals surface area (Å²) in [4.78, 5) is 8.06. The Morgan fingerprint density at radius 3 is 3.20 bits per heavy atom. The van der Waals surface area contributed by atoms with E-state index in [1.807, 2.05) is 0 Å². The molecule has 0 saturated carbocycles. The molecule has 0 bridgehead atoms. The molecule has 7 heteroatoms. The van der Waals surface area contributed by atoms with E-state index in [1.54, 1.807) is 10.9 Å². The Bertz CT molecular complexity index is 386. The molecule has 2 heterocycles. The maximum absolute atomic E-state index is 9.31. The van der Waals surface area contributed by atoms with Crippen molar-refractivity contribution in [2.75, 3.05) is 18.6 Å². The summed E-state index contributed by atoms with van der Waals surface area (Å²) in [6, 6.07) is 0. The number of nitrogens with one attached hydrogen (secondary N) is 1. The molecule has 1 aromatic rings. The number of aromatic nitrogens is 2. The number of hydrogen-bond acceptors (Lipinski definition) is 6. The summed E-state index contributed by atoms with van der Waals surface area (Å²) in [5.41, 5.74) is 6.23. The van der Waals surface area contributed by atoms with Gasteiger partial charge in [-0.2, -0.15) is 0 Å². The van der Waals surface area contributed by atoms with Gasteiger partial charge in [0.25, 0.3) is 0 Å². The molecule has 7 nitrogen and oxygen atoms in total. The van der Waals surface area contributed by atoms with Crippen molar-refractivity contribution in [2.24, 2.45) is 10.7 Å². The third-order valence-electron chi connectivity index (χ3n) is 2.19. The highest BCUT2D eigenvalue weighted by atomic mass is 16.3. The second kappa shape index (κ2) is 3.87. The van der Waals surface area contributed by atoms with Crippen molar-refractivity contribution in [3.63, 3.8) is 0 Å². The molecule has 0 aliphatic carbocycles. The number of anilines is 1. The van der Waals surface area contributed by atoms with E-state index in [0.717, 1.165) is 5.82 Å². The lowest BCUT2D eigenvalue weighted by Crippen LogP contribution is -2.25. The first-order valence-corrected chi connectivity index (χ1v) is 4.60. The molecule has 15 heavy (non-hydrogen) atoms. The molecule has 0 aromatic carbocycles. The molecule has 1 aliphatic heterocycles. The summed E-state index contributed by atoms with van der Waals surface area (Å²) in [7, 11) is 0. The Morgan fingerprint density at radius 1 is 1.67 bits per heavy atom. The number of rotatable bonds is 3. The van der Waals surface area contributed by atoms with Crippen molar-refractivity contribution in [1.82, 2.24) is 9.55 Å². The van der Waals surface area contributed by atoms with Gasteiger partial charge in [0.05, 0.1) is 25.6 Å². The number of amidine groups is 1. The topological polar surface area (TPSA) is 109 Å². The van der Waals surface area contributed by atoms with E-state index in [9.17, 15) is 5.11 Å². The Morgan fingerprint density at radius 2 is 2.47 bits per heavy atom. The van der Waals surface area contributed by atoms with Crippen LogP contribution in [0, 0.1) is 0 Å². The zero-order valence-electron chi connectivity index (χ0n) is 8.09. The lowest BCUT2D eigenvalue weighted by atomic mass is 10.3. The maximum Gasteiger partial charge on any atom is 0.150 e. The molecule has 0 fully saturated rings. The van der Waals surface area contributed by atoms with Crippen LogP contribution in [0.3, 0.4) is 0 Å². The third kappa shape index (κ3) is 1.79. The van der Waals surface area contributed by atoms with Crippen molar-refractivity contribution in [3.8, 4) is 0 Å². The van der Waals surface area contributed by atoms with E-state index < -0.39 is 6.10 Å². The van der Waals surface area contributed by atoms with Gasteiger partial charge in [0.1, 0.15) is 24.0 Å². The van der Waals surface area contributed by atoms with Crippen LogP contribution in [-0.4, -0.2) is 45.0 Å². The van der Waals surface area contributed by atoms with Crippen LogP contribution in [0.5, 0.6) is 0 Å². The minimum atomic E-state index is -0.801. The van der Waals surface area contributed by atoms with Crippen LogP contribution in [0.1, 0.15) is 5.69 Å². The van der Waals surface area contributed by atoms with Crippen LogP contribution < -0.4 is 11.1 Å². The van der Waals surface area contributed by atoms with Gasteiger partial charge in [0.15, 0.2) is 0 Å². The summed E-state index contributed by atoms with van der Waals surface area (Å²) in [5.74, 6) is 1.12. The minimum absolute atomic E-state index is 0.277. The summed E-state index contributed by atoms with van der Waals surface area (Å²) >= 11 is 0. The average Bonchev–Trinajstić information content (AvgIpc) is 2.63. The summed E-state index contributed by atoms with van der Waals surface area (Å²) < 4.78 is 1.71. The van der Waals surface area contributed by atoms with Gasteiger partial charge >= 0.3 is 0 Å². The number of hydrogen-bond donors (Lipinski definition) is 4. The maximum atomic E-state index is 9.31. The molecule has 0 amide bonds. The Labute approximate surface area is 86.3 Å². The zero-order chi connectivity index (χ0) is 10.8. The highest BCUT2D eigenvalue weighted by Crippen LogP contribution is 2.17. The smallest absolute Gasteiger partial charge is 0.150 e. The number of aliphatic imine (C=N–C) groups is 1. The fourth-order valence-corrected chi connectivity index (χ4v) is 1.45. The predicted octanol–water partition coefficient (Wildman–Crippen LogP) is -1.68. The van der Waals surface area contributed by atoms with Crippen LogP contribution in [0.15, 0.2) is 11.3 Å². The molecule has 0 radical (unpaired) electrons. The third-order valence-corrected chi connectivity index (χ3v) is 2.19. The molecule has 1 aliphatic rings. The van der Waals surface area contributed by atoms with Gasteiger partial charge in [-0.15, -0.1) is 0 Å². The van der Waals surface area contributed by atoms with Gasteiger partial charge in [-0.05, 0) is 0 Å². The second-order valence-electron chi connectivity index (χ2n) is 3.31. The van der Waals surface area contributed by atoms with Crippen molar-refractivity contribution in [3.05, 3.63) is 12.0 Å². The first-order valence-electron chi connectivity index (χ1n) is 4.60. The van der Waals surface area contributed by atoms with Gasteiger partial charge in [-0.3, -0.25) is 0 Å². The molecule has 82 valence electrons. The molecule has 1 atom stereocenters. The largest absolute Gasteiger partial charge is 0.394 e. The van der Waals surface area contributed by atoms with Crippen molar-refractivity contribution >= 4 is 11.7 Å². The van der Waals surface area contributed by atoms with E-state index in [2.05, 4.69) is 15.3 Å². The number of nitrogens with two attached hydrogens (primary N) is 1. The lowest BCUT2D eigenvalue weighted by molar-refractivity contribution is 0.0816. The highest BCUT2D eigenvalue weighted by Gasteiger charge is 2.18. The van der Waals surface area contributed by atoms with Gasteiger partial charge in [0, 0.05) is 0 Å². The van der Waals surface area contributed by atoms with Crippen LogP contribution in [0.2, 0.25) is 0 Å². The summed E-state index contributed by atoms with van der Waals surface area (Å²) in [6.45, 7) is 0.398. The predicted molar refractivity (Wildman–Crippen MR) is 54.5 cm³/mol. The van der Waals surface area contributed by atoms with Gasteiger partial charge in [-0.1, -0.05) is 0 Å². The van der Waals surface area contributed by atoms with Crippen molar-refractivity contribution in [2.45, 2.75) is 12.6 Å². The Balaban J connectivity index is 2.24. The standard InChI is InChI=1S/C8H13N5O2/c9-7-6-8(11-3-10-7)13(4-12-6)1-5(15)2-14/h4-5,11,14-15H,1-3H2,(H2,9,10). The van der Waals surface area contributed by atoms with E-state index in [0.29, 0.717) is 18.2 Å². The monoisotopic (exact) mass is 211 g/mol. The number of nitrogens with zero attached hydrogens (tertiary/aromatic N) is 3. The van der Waals surface area contributed by atoms with Crippen LogP contribution >= 0.6 is 0 Å². The SMILES string of the molecule is NC1=NCNc2c1ncn2CC(O)CO. The van der Waals surface area contributed by atoms with Crippen LogP contribution in [0.4, 0.5) is 5.82 Å². The summed E-state index contributed by atoms with van der Waals surface area (Å²) in [6.07, 6.45) is 0.759. The van der Waals surface area contributed by atoms with E-state index >= 15 is 0 Å². The number of fused-ring (bicyclic) bond motifs is 1. The normalized spacial score (nSPS) is 16.5. The zero-order valence-corrected chi connectivity index (χ0v) is 8.09. The van der Waals surface area contributed by atoms with Crippen molar-refractivity contribution < 1.29 is 10.2 Å². The number of imidazole rings is 1. The highest BCUT2D eigenvalue weighted by molar-refractivity contribution is 6.01. The van der Waals surface area contributed by atoms with Gasteiger partial charge < -0.3 is 25.8 Å². The number of aliphatic hydroxyl groups is 2. The minimum Gasteiger partial charge on any atom is -0.394 e. The first kappa shape index (κ1) is 9.94. The fourth-order valence-electron chi connectivity index (χ4n) is 1.45. The van der Waals surface area contributed by atoms with Crippen LogP contribution in [-0.2, 0) is 6.54 Å². The molecule has 1 aromatic heterocycles. The van der Waals surface area contributed by atoms with Crippen LogP contribution in [0.25, 0.3) is 0 Å². The van der Waals surface area contributed by atoms with E-state index in [-0.39, 0.29) is 13.2 Å². The molecule has 5 N–H and O–H groups in total. The molecule has 0 spiro atoms. The molecule has 2 rings (SSSR count). The average molecular weight is 211 g/mol. The second-order valence-corrected chi connectivity index (χ2v) is 3.31. The molecular weight excluding hydrogens is 198 g/mol. The lowest BCUT2D eigenvalue weighted by Gasteiger charge is -2.15. The molecule has 0 saturated heterocycles. The van der Waals surface area contributed by atoms with Gasteiger partial charge in [-0.25, -0.2) is 9.98 Å². The van der Waals surface area contributed by atoms with Crippen molar-refractivity contribution in [1.29, 1.82) is 0 Å². The molecular formula is C8H13N5O2. The van der Waals surface area contributed by atoms with E-state index in [4.69, 9.17) is 10.8 Å². The van der Waals surface area contributed by atoms with E-state index in [1.165, 1.54) is 0 Å². The quantitative estimate of drug-likeness (QED) is 0.477. The first-order chi connectivity index (χ1) is 7.22. The Kier molecular flexibility index (Phi) is 2.57.